The molecule has 3 rings (SSSR count). The first-order chi connectivity index (χ1) is 9.28. The van der Waals surface area contributed by atoms with Gasteiger partial charge in [-0.1, -0.05) is 43.2 Å². The SMILES string of the molecule is Nc1ncc(CNC2(c3ccccc3)CCCC2)s1. The van der Waals surface area contributed by atoms with Crippen LogP contribution in [0.1, 0.15) is 36.1 Å². The summed E-state index contributed by atoms with van der Waals surface area (Å²) in [4.78, 5) is 5.32. The lowest BCUT2D eigenvalue weighted by Gasteiger charge is -2.31. The lowest BCUT2D eigenvalue weighted by atomic mass is 9.88. The molecular weight excluding hydrogens is 254 g/mol. The molecule has 3 N–H and O–H groups in total. The van der Waals surface area contributed by atoms with E-state index in [2.05, 4.69) is 40.6 Å². The van der Waals surface area contributed by atoms with Crippen LogP contribution in [-0.4, -0.2) is 4.98 Å². The van der Waals surface area contributed by atoms with Gasteiger partial charge in [0.25, 0.3) is 0 Å². The summed E-state index contributed by atoms with van der Waals surface area (Å²) in [5.74, 6) is 0. The van der Waals surface area contributed by atoms with Crippen LogP contribution in [0.15, 0.2) is 36.5 Å². The van der Waals surface area contributed by atoms with E-state index in [9.17, 15) is 0 Å². The molecule has 3 nitrogen and oxygen atoms in total. The zero-order valence-electron chi connectivity index (χ0n) is 10.9. The zero-order chi connectivity index (χ0) is 13.1. The normalized spacial score (nSPS) is 17.7. The van der Waals surface area contributed by atoms with E-state index >= 15 is 0 Å². The molecule has 1 fully saturated rings. The van der Waals surface area contributed by atoms with Crippen LogP contribution in [0.4, 0.5) is 5.13 Å². The zero-order valence-corrected chi connectivity index (χ0v) is 11.7. The number of thiazole rings is 1. The van der Waals surface area contributed by atoms with Crippen molar-refractivity contribution >= 4 is 16.5 Å². The largest absolute Gasteiger partial charge is 0.375 e. The van der Waals surface area contributed by atoms with Crippen LogP contribution in [0, 0.1) is 0 Å². The summed E-state index contributed by atoms with van der Waals surface area (Å²) in [6, 6.07) is 10.8. The van der Waals surface area contributed by atoms with Crippen LogP contribution < -0.4 is 11.1 Å². The van der Waals surface area contributed by atoms with Crippen molar-refractivity contribution in [1.82, 2.24) is 10.3 Å². The molecule has 1 aromatic carbocycles. The molecule has 0 unspecified atom stereocenters. The second kappa shape index (κ2) is 5.31. The Morgan fingerprint density at radius 1 is 1.21 bits per heavy atom. The summed E-state index contributed by atoms with van der Waals surface area (Å²) in [5.41, 5.74) is 7.23. The van der Waals surface area contributed by atoms with Crippen molar-refractivity contribution in [2.75, 3.05) is 5.73 Å². The smallest absolute Gasteiger partial charge is 0.180 e. The van der Waals surface area contributed by atoms with E-state index < -0.39 is 0 Å². The molecule has 4 heteroatoms. The van der Waals surface area contributed by atoms with Gasteiger partial charge in [0.1, 0.15) is 0 Å². The van der Waals surface area contributed by atoms with Gasteiger partial charge in [-0.25, -0.2) is 4.98 Å². The average Bonchev–Trinajstić information content (AvgIpc) is 3.07. The lowest BCUT2D eigenvalue weighted by molar-refractivity contribution is 0.340. The summed E-state index contributed by atoms with van der Waals surface area (Å²) >= 11 is 1.57. The topological polar surface area (TPSA) is 50.9 Å². The highest BCUT2D eigenvalue weighted by Crippen LogP contribution is 2.39. The van der Waals surface area contributed by atoms with Crippen LogP contribution >= 0.6 is 11.3 Å². The number of hydrogen-bond donors (Lipinski definition) is 2. The van der Waals surface area contributed by atoms with Gasteiger partial charge in [0, 0.05) is 23.2 Å². The Hall–Kier alpha value is -1.39. The van der Waals surface area contributed by atoms with Gasteiger partial charge < -0.3 is 11.1 Å². The van der Waals surface area contributed by atoms with E-state index in [1.54, 1.807) is 11.3 Å². The molecule has 2 aromatic rings. The maximum atomic E-state index is 5.69. The molecule has 0 spiro atoms. The fourth-order valence-corrected chi connectivity index (χ4v) is 3.59. The summed E-state index contributed by atoms with van der Waals surface area (Å²) in [6.45, 7) is 0.851. The molecule has 1 aromatic heterocycles. The second-order valence-electron chi connectivity index (χ2n) is 5.17. The molecule has 1 aliphatic carbocycles. The van der Waals surface area contributed by atoms with Crippen molar-refractivity contribution in [2.24, 2.45) is 0 Å². The molecule has 19 heavy (non-hydrogen) atoms. The minimum atomic E-state index is 0.139. The molecule has 0 amide bonds. The highest BCUT2D eigenvalue weighted by atomic mass is 32.1. The molecule has 0 radical (unpaired) electrons. The van der Waals surface area contributed by atoms with Gasteiger partial charge in [-0.3, -0.25) is 0 Å². The third-order valence-corrected chi connectivity index (χ3v) is 4.78. The summed E-state index contributed by atoms with van der Waals surface area (Å²) in [6.07, 6.45) is 6.90. The van der Waals surface area contributed by atoms with E-state index in [1.807, 2.05) is 6.20 Å². The maximum absolute atomic E-state index is 5.69. The van der Waals surface area contributed by atoms with E-state index in [0.717, 1.165) is 6.54 Å². The molecule has 100 valence electrons. The highest BCUT2D eigenvalue weighted by molar-refractivity contribution is 7.15. The number of nitrogens with one attached hydrogen (secondary N) is 1. The first kappa shape index (κ1) is 12.6. The van der Waals surface area contributed by atoms with Crippen LogP contribution in [0.2, 0.25) is 0 Å². The van der Waals surface area contributed by atoms with Crippen molar-refractivity contribution in [1.29, 1.82) is 0 Å². The third-order valence-electron chi connectivity index (χ3n) is 3.96. The van der Waals surface area contributed by atoms with Crippen molar-refractivity contribution in [3.63, 3.8) is 0 Å². The molecule has 0 saturated heterocycles. The van der Waals surface area contributed by atoms with Gasteiger partial charge in [0.2, 0.25) is 0 Å². The van der Waals surface area contributed by atoms with Gasteiger partial charge in [-0.05, 0) is 18.4 Å². The van der Waals surface area contributed by atoms with Gasteiger partial charge in [0.15, 0.2) is 5.13 Å². The summed E-state index contributed by atoms with van der Waals surface area (Å²) in [7, 11) is 0. The number of aromatic nitrogens is 1. The molecule has 1 saturated carbocycles. The monoisotopic (exact) mass is 273 g/mol. The Balaban J connectivity index is 1.78. The number of anilines is 1. The van der Waals surface area contributed by atoms with Gasteiger partial charge in [0.05, 0.1) is 0 Å². The highest BCUT2D eigenvalue weighted by Gasteiger charge is 2.34. The summed E-state index contributed by atoms with van der Waals surface area (Å²) in [5, 5.41) is 4.41. The first-order valence-corrected chi connectivity index (χ1v) is 7.61. The Morgan fingerprint density at radius 2 is 1.95 bits per heavy atom. The van der Waals surface area contributed by atoms with Gasteiger partial charge in [-0.15, -0.1) is 11.3 Å². The number of benzene rings is 1. The minimum Gasteiger partial charge on any atom is -0.375 e. The minimum absolute atomic E-state index is 0.139. The van der Waals surface area contributed by atoms with Crippen molar-refractivity contribution in [3.05, 3.63) is 47.0 Å². The van der Waals surface area contributed by atoms with Crippen LogP contribution in [0.5, 0.6) is 0 Å². The van der Waals surface area contributed by atoms with E-state index in [-0.39, 0.29) is 5.54 Å². The molecule has 1 aliphatic rings. The van der Waals surface area contributed by atoms with Crippen LogP contribution in [-0.2, 0) is 12.1 Å². The number of hydrogen-bond acceptors (Lipinski definition) is 4. The molecule has 0 bridgehead atoms. The first-order valence-electron chi connectivity index (χ1n) is 6.79. The Labute approximate surface area is 117 Å². The van der Waals surface area contributed by atoms with Crippen LogP contribution in [0.25, 0.3) is 0 Å². The molecule has 0 atom stereocenters. The number of nitrogens with two attached hydrogens (primary N) is 1. The maximum Gasteiger partial charge on any atom is 0.180 e. The van der Waals surface area contributed by atoms with Gasteiger partial charge >= 0.3 is 0 Å². The molecule has 1 heterocycles. The Kier molecular flexibility index (Phi) is 3.53. The van der Waals surface area contributed by atoms with Crippen LogP contribution in [0.3, 0.4) is 0 Å². The second-order valence-corrected chi connectivity index (χ2v) is 6.32. The Bertz CT molecular complexity index is 529. The number of nitrogens with zero attached hydrogens (tertiary/aromatic N) is 1. The van der Waals surface area contributed by atoms with Crippen molar-refractivity contribution in [3.8, 4) is 0 Å². The fraction of sp³-hybridized carbons (Fsp3) is 0.400. The van der Waals surface area contributed by atoms with Crippen molar-refractivity contribution in [2.45, 2.75) is 37.8 Å². The van der Waals surface area contributed by atoms with Gasteiger partial charge in [-0.2, -0.15) is 0 Å². The van der Waals surface area contributed by atoms with E-state index in [4.69, 9.17) is 5.73 Å². The third kappa shape index (κ3) is 2.65. The predicted octanol–water partition coefficient (Wildman–Crippen LogP) is 3.28. The molecule has 0 aliphatic heterocycles. The lowest BCUT2D eigenvalue weighted by Crippen LogP contribution is -2.39. The van der Waals surface area contributed by atoms with E-state index in [0.29, 0.717) is 5.13 Å². The fourth-order valence-electron chi connectivity index (χ4n) is 2.96. The predicted molar refractivity (Wildman–Crippen MR) is 80.0 cm³/mol. The summed E-state index contributed by atoms with van der Waals surface area (Å²) < 4.78 is 0. The van der Waals surface area contributed by atoms with Crippen molar-refractivity contribution < 1.29 is 0 Å². The standard InChI is InChI=1S/C15H19N3S/c16-14-17-10-13(19-14)11-18-15(8-4-5-9-15)12-6-2-1-3-7-12/h1-3,6-7,10,18H,4-5,8-9,11H2,(H2,16,17). The number of nitrogen functional groups attached to an aromatic ring is 1. The van der Waals surface area contributed by atoms with E-state index in [1.165, 1.54) is 36.1 Å². The molecular formula is C15H19N3S. The average molecular weight is 273 g/mol. The number of rotatable bonds is 4. The Morgan fingerprint density at radius 3 is 2.58 bits per heavy atom. The quantitative estimate of drug-likeness (QED) is 0.898.